The Hall–Kier alpha value is -3.12. The molecule has 2 unspecified atom stereocenters. The number of rotatable bonds is 3. The van der Waals surface area contributed by atoms with E-state index in [0.717, 1.165) is 84.3 Å². The van der Waals surface area contributed by atoms with Crippen LogP contribution < -0.4 is 10.6 Å². The van der Waals surface area contributed by atoms with E-state index < -0.39 is 0 Å². The molecule has 6 heteroatoms. The summed E-state index contributed by atoms with van der Waals surface area (Å²) in [6.45, 7) is 5.39. The number of pyridine rings is 1. The van der Waals surface area contributed by atoms with Gasteiger partial charge < -0.3 is 20.3 Å². The Morgan fingerprint density at radius 3 is 2.75 bits per heavy atom. The minimum atomic E-state index is 0.130. The van der Waals surface area contributed by atoms with E-state index in [2.05, 4.69) is 36.1 Å². The second-order valence-corrected chi connectivity index (χ2v) is 9.29. The summed E-state index contributed by atoms with van der Waals surface area (Å²) in [5.74, 6) is 0.698. The van der Waals surface area contributed by atoms with E-state index in [0.29, 0.717) is 18.0 Å². The summed E-state index contributed by atoms with van der Waals surface area (Å²) in [5, 5.41) is 1.04. The van der Waals surface area contributed by atoms with Crippen LogP contribution in [0.4, 0.5) is 11.5 Å². The Labute approximate surface area is 188 Å². The van der Waals surface area contributed by atoms with E-state index in [9.17, 15) is 4.79 Å². The number of carbonyl (C=O) groups excluding carboxylic acids is 1. The molecule has 3 aliphatic heterocycles. The Balaban J connectivity index is 1.43. The normalized spacial score (nSPS) is 22.3. The van der Waals surface area contributed by atoms with Crippen LogP contribution in [-0.4, -0.2) is 54.2 Å². The highest BCUT2D eigenvalue weighted by molar-refractivity contribution is 6.03. The molecule has 2 bridgehead atoms. The molecule has 6 nitrogen and oxygen atoms in total. The van der Waals surface area contributed by atoms with Crippen LogP contribution >= 0.6 is 0 Å². The predicted molar refractivity (Wildman–Crippen MR) is 127 cm³/mol. The maximum atomic E-state index is 13.3. The van der Waals surface area contributed by atoms with Crippen molar-refractivity contribution in [2.75, 3.05) is 36.9 Å². The molecule has 2 N–H and O–H groups in total. The van der Waals surface area contributed by atoms with Crippen molar-refractivity contribution in [2.45, 2.75) is 38.3 Å². The highest BCUT2D eigenvalue weighted by atomic mass is 16.5. The summed E-state index contributed by atoms with van der Waals surface area (Å²) < 4.78 is 5.76. The molecule has 3 aromatic rings. The lowest BCUT2D eigenvalue weighted by Gasteiger charge is -2.29. The molecule has 3 aliphatic rings. The third kappa shape index (κ3) is 3.13. The third-order valence-electron chi connectivity index (χ3n) is 7.22. The zero-order valence-electron chi connectivity index (χ0n) is 18.4. The van der Waals surface area contributed by atoms with E-state index in [-0.39, 0.29) is 5.91 Å². The van der Waals surface area contributed by atoms with Gasteiger partial charge in [0.2, 0.25) is 0 Å². The first-order chi connectivity index (χ1) is 15.6. The van der Waals surface area contributed by atoms with Gasteiger partial charge in [-0.2, -0.15) is 0 Å². The Kier molecular flexibility index (Phi) is 4.57. The van der Waals surface area contributed by atoms with Crippen LogP contribution in [0.3, 0.4) is 0 Å². The van der Waals surface area contributed by atoms with Crippen LogP contribution in [0.15, 0.2) is 42.5 Å². The quantitative estimate of drug-likeness (QED) is 0.683. The van der Waals surface area contributed by atoms with Crippen LogP contribution in [0.2, 0.25) is 0 Å². The summed E-state index contributed by atoms with van der Waals surface area (Å²) in [6.07, 6.45) is 3.53. The molecule has 0 radical (unpaired) electrons. The molecule has 2 aromatic carbocycles. The van der Waals surface area contributed by atoms with E-state index in [1.807, 2.05) is 23.1 Å². The first-order valence-corrected chi connectivity index (χ1v) is 11.6. The number of hydrogen-bond donors (Lipinski definition) is 1. The zero-order chi connectivity index (χ0) is 21.8. The summed E-state index contributed by atoms with van der Waals surface area (Å²) in [7, 11) is 0. The molecular formula is C26H28N4O2. The van der Waals surface area contributed by atoms with Crippen molar-refractivity contribution in [1.82, 2.24) is 9.88 Å². The van der Waals surface area contributed by atoms with Crippen LogP contribution in [0.5, 0.6) is 0 Å². The number of carbonyl (C=O) groups is 1. The molecule has 0 spiro atoms. The summed E-state index contributed by atoms with van der Waals surface area (Å²) in [6, 6.07) is 14.8. The number of ether oxygens (including phenoxy) is 1. The Bertz CT molecular complexity index is 1220. The number of morpholine rings is 1. The number of aryl methyl sites for hydroxylation is 1. The van der Waals surface area contributed by atoms with Crippen LogP contribution in [-0.2, 0) is 4.74 Å². The lowest BCUT2D eigenvalue weighted by atomic mass is 9.93. The van der Waals surface area contributed by atoms with Crippen LogP contribution in [0.1, 0.15) is 35.2 Å². The van der Waals surface area contributed by atoms with Crippen LogP contribution in [0, 0.1) is 6.92 Å². The molecule has 1 amide bonds. The maximum Gasteiger partial charge on any atom is 0.254 e. The zero-order valence-corrected chi connectivity index (χ0v) is 18.4. The number of hydrogen-bond acceptors (Lipinski definition) is 5. The number of nitrogens with zero attached hydrogens (tertiary/aromatic N) is 3. The monoisotopic (exact) mass is 428 g/mol. The first-order valence-electron chi connectivity index (χ1n) is 11.6. The number of likely N-dealkylation sites (tertiary alicyclic amines) is 1. The van der Waals surface area contributed by atoms with E-state index in [1.54, 1.807) is 0 Å². The first kappa shape index (κ1) is 19.6. The fraction of sp³-hybridized carbons (Fsp3) is 0.385. The molecule has 3 saturated heterocycles. The second kappa shape index (κ2) is 7.48. The Morgan fingerprint density at radius 2 is 2.00 bits per heavy atom. The minimum Gasteiger partial charge on any atom is -0.382 e. The van der Waals surface area contributed by atoms with E-state index in [1.165, 1.54) is 0 Å². The van der Waals surface area contributed by atoms with E-state index in [4.69, 9.17) is 15.5 Å². The number of aromatic nitrogens is 1. The second-order valence-electron chi connectivity index (χ2n) is 9.29. The summed E-state index contributed by atoms with van der Waals surface area (Å²) >= 11 is 0. The van der Waals surface area contributed by atoms with Gasteiger partial charge in [0.1, 0.15) is 5.82 Å². The molecule has 2 atom stereocenters. The van der Waals surface area contributed by atoms with Gasteiger partial charge in [-0.15, -0.1) is 0 Å². The fourth-order valence-electron chi connectivity index (χ4n) is 5.58. The highest BCUT2D eigenvalue weighted by Gasteiger charge is 2.40. The standard InChI is InChI=1S/C26H28N4O2/c1-16-5-4-6-21(26(31)29-9-2-3-10-29)24(16)17-7-8-22-18(11-17)12-23(25(27)28-22)30-14-20-13-19(30)15-32-20/h4-8,11-12,19-20H,2-3,9-10,13-15H2,1H3,(H2,27,28). The topological polar surface area (TPSA) is 71.7 Å². The van der Waals surface area contributed by atoms with Crippen molar-refractivity contribution in [3.63, 3.8) is 0 Å². The van der Waals surface area contributed by atoms with Gasteiger partial charge in [0, 0.05) is 30.6 Å². The molecule has 1 aromatic heterocycles. The summed E-state index contributed by atoms with van der Waals surface area (Å²) in [4.78, 5) is 22.3. The van der Waals surface area contributed by atoms with Gasteiger partial charge in [0.15, 0.2) is 0 Å². The fourth-order valence-corrected chi connectivity index (χ4v) is 5.58. The van der Waals surface area contributed by atoms with Gasteiger partial charge >= 0.3 is 0 Å². The van der Waals surface area contributed by atoms with Crippen molar-refractivity contribution in [3.05, 3.63) is 53.6 Å². The molecule has 0 saturated carbocycles. The lowest BCUT2D eigenvalue weighted by molar-refractivity contribution is 0.0793. The van der Waals surface area contributed by atoms with Gasteiger partial charge in [0.25, 0.3) is 5.91 Å². The number of fused-ring (bicyclic) bond motifs is 3. The average Bonchev–Trinajstić information content (AvgIpc) is 3.56. The van der Waals surface area contributed by atoms with Gasteiger partial charge in [0.05, 0.1) is 30.0 Å². The molecule has 4 heterocycles. The minimum absolute atomic E-state index is 0.130. The number of benzene rings is 2. The molecule has 164 valence electrons. The van der Waals surface area contributed by atoms with Crippen molar-refractivity contribution in [1.29, 1.82) is 0 Å². The van der Waals surface area contributed by atoms with Gasteiger partial charge in [-0.05, 0) is 67.1 Å². The highest BCUT2D eigenvalue weighted by Crippen LogP contribution is 2.38. The van der Waals surface area contributed by atoms with Crippen molar-refractivity contribution < 1.29 is 9.53 Å². The predicted octanol–water partition coefficient (Wildman–Crippen LogP) is 4.01. The number of amides is 1. The maximum absolute atomic E-state index is 13.3. The Morgan fingerprint density at radius 1 is 1.16 bits per heavy atom. The van der Waals surface area contributed by atoms with Gasteiger partial charge in [-0.25, -0.2) is 4.98 Å². The van der Waals surface area contributed by atoms with Gasteiger partial charge in [-0.3, -0.25) is 4.79 Å². The summed E-state index contributed by atoms with van der Waals surface area (Å²) in [5.41, 5.74) is 12.2. The molecule has 32 heavy (non-hydrogen) atoms. The smallest absolute Gasteiger partial charge is 0.254 e. The number of nitrogen functional groups attached to an aromatic ring is 1. The van der Waals surface area contributed by atoms with Crippen molar-refractivity contribution in [3.8, 4) is 11.1 Å². The average molecular weight is 429 g/mol. The SMILES string of the molecule is Cc1cccc(C(=O)N2CCCC2)c1-c1ccc2nc(N)c(N3CC4CC3CO4)cc2c1. The van der Waals surface area contributed by atoms with Crippen LogP contribution in [0.25, 0.3) is 22.0 Å². The van der Waals surface area contributed by atoms with E-state index >= 15 is 0 Å². The van der Waals surface area contributed by atoms with Crippen molar-refractivity contribution >= 4 is 28.3 Å². The number of anilines is 2. The molecule has 0 aliphatic carbocycles. The largest absolute Gasteiger partial charge is 0.382 e. The molecule has 6 rings (SSSR count). The van der Waals surface area contributed by atoms with Crippen molar-refractivity contribution in [2.24, 2.45) is 0 Å². The van der Waals surface area contributed by atoms with Gasteiger partial charge in [-0.1, -0.05) is 18.2 Å². The molecular weight excluding hydrogens is 400 g/mol. The third-order valence-corrected chi connectivity index (χ3v) is 7.22. The number of nitrogens with two attached hydrogens (primary N) is 1. The lowest BCUT2D eigenvalue weighted by Crippen LogP contribution is -2.37. The molecule has 3 fully saturated rings.